The second-order valence-corrected chi connectivity index (χ2v) is 6.82. The molecule has 30 heavy (non-hydrogen) atoms. The monoisotopic (exact) mass is 432 g/mol. The van der Waals surface area contributed by atoms with Crippen molar-refractivity contribution in [2.45, 2.75) is 13.1 Å². The molecule has 0 saturated carbocycles. The molecule has 2 aromatic carbocycles. The summed E-state index contributed by atoms with van der Waals surface area (Å²) >= 11 is 5.67. The van der Waals surface area contributed by atoms with Gasteiger partial charge in [-0.25, -0.2) is 9.97 Å². The largest absolute Gasteiger partial charge is 0.417 e. The minimum Gasteiger partial charge on any atom is -0.361 e. The van der Waals surface area contributed by atoms with Crippen LogP contribution in [0.3, 0.4) is 0 Å². The summed E-state index contributed by atoms with van der Waals surface area (Å²) in [5.74, 6) is 0.0685. The van der Waals surface area contributed by atoms with Gasteiger partial charge in [0.05, 0.1) is 22.3 Å². The van der Waals surface area contributed by atoms with E-state index in [1.54, 1.807) is 25.1 Å². The number of carbonyl (C=O) groups excluding carboxylic acids is 1. The van der Waals surface area contributed by atoms with Crippen LogP contribution in [-0.2, 0) is 6.18 Å². The van der Waals surface area contributed by atoms with Gasteiger partial charge in [0, 0.05) is 22.8 Å². The molecule has 0 aliphatic carbocycles. The van der Waals surface area contributed by atoms with E-state index in [1.807, 2.05) is 0 Å². The Kier molecular flexibility index (Phi) is 4.90. The first-order valence-corrected chi connectivity index (χ1v) is 8.97. The first kappa shape index (κ1) is 19.8. The summed E-state index contributed by atoms with van der Waals surface area (Å²) < 4.78 is 44.3. The molecule has 0 atom stereocenters. The Balaban J connectivity index is 1.69. The van der Waals surface area contributed by atoms with Gasteiger partial charge >= 0.3 is 6.18 Å². The van der Waals surface area contributed by atoms with E-state index < -0.39 is 22.7 Å². The number of amides is 1. The molecule has 2 heterocycles. The lowest BCUT2D eigenvalue weighted by Crippen LogP contribution is -2.12. The Morgan fingerprint density at radius 1 is 1.13 bits per heavy atom. The Labute approximate surface area is 172 Å². The highest BCUT2D eigenvalue weighted by atomic mass is 35.5. The zero-order chi connectivity index (χ0) is 21.5. The molecule has 0 saturated heterocycles. The molecule has 4 aromatic rings. The summed E-state index contributed by atoms with van der Waals surface area (Å²) in [6.07, 6.45) is -1.79. The van der Waals surface area contributed by atoms with Gasteiger partial charge in [0.25, 0.3) is 5.91 Å². The van der Waals surface area contributed by atoms with Gasteiger partial charge in [-0.3, -0.25) is 4.79 Å². The predicted octanol–water partition coefficient (Wildman–Crippen LogP) is 5.52. The third-order valence-electron chi connectivity index (χ3n) is 4.37. The summed E-state index contributed by atoms with van der Waals surface area (Å²) in [7, 11) is 0. The number of halogens is 4. The Bertz CT molecular complexity index is 1270. The summed E-state index contributed by atoms with van der Waals surface area (Å²) in [4.78, 5) is 20.8. The van der Waals surface area contributed by atoms with E-state index >= 15 is 0 Å². The van der Waals surface area contributed by atoms with Crippen molar-refractivity contribution in [2.24, 2.45) is 0 Å². The van der Waals surface area contributed by atoms with Crippen molar-refractivity contribution in [3.63, 3.8) is 0 Å². The van der Waals surface area contributed by atoms with E-state index in [2.05, 4.69) is 20.4 Å². The molecule has 0 bridgehead atoms. The number of nitrogens with zero attached hydrogens (tertiary/aromatic N) is 3. The molecule has 0 unspecified atom stereocenters. The second-order valence-electron chi connectivity index (χ2n) is 6.41. The molecule has 2 aromatic heterocycles. The van der Waals surface area contributed by atoms with Crippen LogP contribution in [-0.4, -0.2) is 21.0 Å². The molecular formula is C20H12ClF3N4O2. The van der Waals surface area contributed by atoms with Gasteiger partial charge in [0.1, 0.15) is 11.3 Å². The van der Waals surface area contributed by atoms with Gasteiger partial charge in [0.15, 0.2) is 5.82 Å². The predicted molar refractivity (Wildman–Crippen MR) is 104 cm³/mol. The van der Waals surface area contributed by atoms with E-state index in [0.717, 1.165) is 12.1 Å². The van der Waals surface area contributed by atoms with E-state index in [4.69, 9.17) is 16.1 Å². The highest BCUT2D eigenvalue weighted by Gasteiger charge is 2.33. The van der Waals surface area contributed by atoms with Crippen molar-refractivity contribution in [1.82, 2.24) is 15.1 Å². The fourth-order valence-corrected chi connectivity index (χ4v) is 3.06. The SMILES string of the molecule is Cc1oncc1C(=O)Nc1ccc2cnc(-c3ccc(Cl)c(C(F)(F)F)c3)nc2c1. The lowest BCUT2D eigenvalue weighted by Gasteiger charge is -2.11. The number of aromatic nitrogens is 3. The minimum atomic E-state index is -4.60. The van der Waals surface area contributed by atoms with Crippen molar-refractivity contribution in [2.75, 3.05) is 5.32 Å². The summed E-state index contributed by atoms with van der Waals surface area (Å²) in [5.41, 5.74) is 0.395. The maximum absolute atomic E-state index is 13.1. The number of aryl methyl sites for hydroxylation is 1. The van der Waals surface area contributed by atoms with Crippen molar-refractivity contribution in [3.8, 4) is 11.4 Å². The highest BCUT2D eigenvalue weighted by molar-refractivity contribution is 6.31. The number of anilines is 1. The van der Waals surface area contributed by atoms with Gasteiger partial charge in [-0.15, -0.1) is 0 Å². The molecule has 0 aliphatic rings. The van der Waals surface area contributed by atoms with E-state index in [9.17, 15) is 18.0 Å². The van der Waals surface area contributed by atoms with Crippen molar-refractivity contribution in [1.29, 1.82) is 0 Å². The first-order chi connectivity index (χ1) is 14.2. The molecular weight excluding hydrogens is 421 g/mol. The number of nitrogens with one attached hydrogen (secondary N) is 1. The number of hydrogen-bond acceptors (Lipinski definition) is 5. The van der Waals surface area contributed by atoms with Gasteiger partial charge in [0.2, 0.25) is 0 Å². The van der Waals surface area contributed by atoms with Crippen LogP contribution in [0.1, 0.15) is 21.7 Å². The van der Waals surface area contributed by atoms with Gasteiger partial charge in [-0.2, -0.15) is 13.2 Å². The fourth-order valence-electron chi connectivity index (χ4n) is 2.84. The van der Waals surface area contributed by atoms with Crippen LogP contribution in [0.5, 0.6) is 0 Å². The maximum Gasteiger partial charge on any atom is 0.417 e. The molecule has 1 amide bonds. The number of rotatable bonds is 3. The number of carbonyl (C=O) groups is 1. The molecule has 1 N–H and O–H groups in total. The number of benzene rings is 2. The van der Waals surface area contributed by atoms with Crippen LogP contribution in [0.4, 0.5) is 18.9 Å². The minimum absolute atomic E-state index is 0.100. The van der Waals surface area contributed by atoms with Gasteiger partial charge in [-0.1, -0.05) is 16.8 Å². The zero-order valence-corrected chi connectivity index (χ0v) is 16.0. The third-order valence-corrected chi connectivity index (χ3v) is 4.70. The van der Waals surface area contributed by atoms with Crippen LogP contribution in [0.15, 0.2) is 53.3 Å². The highest BCUT2D eigenvalue weighted by Crippen LogP contribution is 2.36. The number of fused-ring (bicyclic) bond motifs is 1. The molecule has 6 nitrogen and oxygen atoms in total. The van der Waals surface area contributed by atoms with Crippen molar-refractivity contribution < 1.29 is 22.5 Å². The first-order valence-electron chi connectivity index (χ1n) is 8.59. The summed E-state index contributed by atoms with van der Waals surface area (Å²) in [5, 5.41) is 6.53. The smallest absolute Gasteiger partial charge is 0.361 e. The number of hydrogen-bond donors (Lipinski definition) is 1. The second kappa shape index (κ2) is 7.42. The molecule has 4 rings (SSSR count). The maximum atomic E-state index is 13.1. The van der Waals surface area contributed by atoms with Crippen LogP contribution in [0.2, 0.25) is 5.02 Å². The Morgan fingerprint density at radius 2 is 1.93 bits per heavy atom. The van der Waals surface area contributed by atoms with Crippen molar-refractivity contribution in [3.05, 3.63) is 70.7 Å². The van der Waals surface area contributed by atoms with E-state index in [1.165, 1.54) is 18.5 Å². The van der Waals surface area contributed by atoms with E-state index in [0.29, 0.717) is 27.9 Å². The van der Waals surface area contributed by atoms with E-state index in [-0.39, 0.29) is 11.4 Å². The standard InChI is InChI=1S/C20H12ClF3N4O2/c1-10-14(9-26-30-10)19(29)27-13-4-2-12-8-25-18(28-17(12)7-13)11-3-5-16(21)15(6-11)20(22,23)24/h2-9H,1H3,(H,27,29). The van der Waals surface area contributed by atoms with Crippen LogP contribution in [0.25, 0.3) is 22.3 Å². The molecule has 0 fully saturated rings. The normalized spacial score (nSPS) is 11.6. The summed E-state index contributed by atoms with van der Waals surface area (Å²) in [6.45, 7) is 1.61. The van der Waals surface area contributed by atoms with Crippen molar-refractivity contribution >= 4 is 34.1 Å². The van der Waals surface area contributed by atoms with Crippen LogP contribution >= 0.6 is 11.6 Å². The topological polar surface area (TPSA) is 80.9 Å². The Hall–Kier alpha value is -3.46. The number of alkyl halides is 3. The molecule has 10 heteroatoms. The van der Waals surface area contributed by atoms with Gasteiger partial charge < -0.3 is 9.84 Å². The lowest BCUT2D eigenvalue weighted by atomic mass is 10.1. The third kappa shape index (κ3) is 3.84. The average molecular weight is 433 g/mol. The van der Waals surface area contributed by atoms with Gasteiger partial charge in [-0.05, 0) is 43.3 Å². The average Bonchev–Trinajstić information content (AvgIpc) is 3.13. The fraction of sp³-hybridized carbons (Fsp3) is 0.100. The molecule has 0 spiro atoms. The lowest BCUT2D eigenvalue weighted by molar-refractivity contribution is -0.137. The molecule has 0 aliphatic heterocycles. The zero-order valence-electron chi connectivity index (χ0n) is 15.3. The van der Waals surface area contributed by atoms with Crippen LogP contribution in [0, 0.1) is 6.92 Å². The summed E-state index contributed by atoms with van der Waals surface area (Å²) in [6, 6.07) is 8.43. The quantitative estimate of drug-likeness (QED) is 0.461. The molecule has 152 valence electrons. The molecule has 0 radical (unpaired) electrons. The Morgan fingerprint density at radius 3 is 2.63 bits per heavy atom. The van der Waals surface area contributed by atoms with Crippen LogP contribution < -0.4 is 5.32 Å².